The minimum Gasteiger partial charge on any atom is -0.349 e. The van der Waals surface area contributed by atoms with Gasteiger partial charge in [-0.2, -0.15) is 0 Å². The Hall–Kier alpha value is -2.16. The van der Waals surface area contributed by atoms with Crippen molar-refractivity contribution in [2.45, 2.75) is 37.1 Å². The normalized spacial score (nSPS) is 15.7. The van der Waals surface area contributed by atoms with E-state index in [1.165, 1.54) is 30.3 Å². The summed E-state index contributed by atoms with van der Waals surface area (Å²) in [5.74, 6) is -0.811. The summed E-state index contributed by atoms with van der Waals surface area (Å²) in [4.78, 5) is 14.8. The molecule has 1 fully saturated rings. The van der Waals surface area contributed by atoms with Gasteiger partial charge in [-0.25, -0.2) is 12.8 Å². The van der Waals surface area contributed by atoms with Crippen LogP contribution < -0.4 is 10.0 Å². The van der Waals surface area contributed by atoms with Crippen LogP contribution in [0.5, 0.6) is 0 Å². The van der Waals surface area contributed by atoms with E-state index in [4.69, 9.17) is 11.6 Å². The van der Waals surface area contributed by atoms with Gasteiger partial charge in [0.2, 0.25) is 0 Å². The highest BCUT2D eigenvalue weighted by molar-refractivity contribution is 7.92. The van der Waals surface area contributed by atoms with Crippen LogP contribution in [0.15, 0.2) is 47.4 Å². The van der Waals surface area contributed by atoms with Crippen molar-refractivity contribution < 1.29 is 17.6 Å². The molecule has 1 heterocycles. The van der Waals surface area contributed by atoms with Gasteiger partial charge in [0.1, 0.15) is 10.7 Å². The summed E-state index contributed by atoms with van der Waals surface area (Å²) >= 11 is 6.10. The number of halogens is 2. The number of carbonyl (C=O) groups excluding carboxylic acids is 1. The topological polar surface area (TPSA) is 78.5 Å². The fraction of sp³-hybridized carbons (Fsp3) is 0.381. The number of piperidine rings is 1. The highest BCUT2D eigenvalue weighted by Crippen LogP contribution is 2.25. The summed E-state index contributed by atoms with van der Waals surface area (Å²) in [5.41, 5.74) is 0.413. The third-order valence-corrected chi connectivity index (χ3v) is 6.90. The number of rotatable bonds is 7. The summed E-state index contributed by atoms with van der Waals surface area (Å²) in [6.45, 7) is 5.06. The smallest absolute Gasteiger partial charge is 0.263 e. The first-order valence-corrected chi connectivity index (χ1v) is 11.8. The lowest BCUT2D eigenvalue weighted by Gasteiger charge is -2.32. The molecule has 1 aliphatic heterocycles. The van der Waals surface area contributed by atoms with E-state index in [1.54, 1.807) is 0 Å². The van der Waals surface area contributed by atoms with Crippen molar-refractivity contribution >= 4 is 33.2 Å². The predicted molar refractivity (Wildman–Crippen MR) is 116 cm³/mol. The van der Waals surface area contributed by atoms with Gasteiger partial charge in [-0.05, 0) is 68.3 Å². The number of amides is 1. The lowest BCUT2D eigenvalue weighted by molar-refractivity contribution is 0.0911. The maximum atomic E-state index is 13.1. The fourth-order valence-corrected chi connectivity index (χ4v) is 5.05. The number of hydrogen-bond donors (Lipinski definition) is 2. The lowest BCUT2D eigenvalue weighted by atomic mass is 10.0. The van der Waals surface area contributed by atoms with Crippen molar-refractivity contribution in [3.05, 3.63) is 58.9 Å². The SMILES string of the molecule is CCCN1CCC(NC(=O)c2ccc(Cl)c(S(=O)(=O)Nc3ccc(F)cc3)c2)CC1. The monoisotopic (exact) mass is 453 g/mol. The number of benzene rings is 2. The molecule has 2 N–H and O–H groups in total. The number of nitrogens with zero attached hydrogens (tertiary/aromatic N) is 1. The van der Waals surface area contributed by atoms with E-state index in [0.717, 1.165) is 51.0 Å². The average molecular weight is 454 g/mol. The summed E-state index contributed by atoms with van der Waals surface area (Å²) in [7, 11) is -4.05. The van der Waals surface area contributed by atoms with E-state index in [2.05, 4.69) is 21.9 Å². The molecule has 0 radical (unpaired) electrons. The number of anilines is 1. The molecule has 2 aromatic carbocycles. The van der Waals surface area contributed by atoms with Crippen molar-refractivity contribution in [2.75, 3.05) is 24.4 Å². The minimum atomic E-state index is -4.05. The van der Waals surface area contributed by atoms with Crippen LogP contribution in [0.25, 0.3) is 0 Å². The van der Waals surface area contributed by atoms with Crippen molar-refractivity contribution in [1.82, 2.24) is 10.2 Å². The first kappa shape index (κ1) is 22.5. The molecule has 3 rings (SSSR count). The molecule has 0 aromatic heterocycles. The highest BCUT2D eigenvalue weighted by atomic mass is 35.5. The van der Waals surface area contributed by atoms with Crippen molar-refractivity contribution in [1.29, 1.82) is 0 Å². The van der Waals surface area contributed by atoms with Crippen LogP contribution >= 0.6 is 11.6 Å². The maximum absolute atomic E-state index is 13.1. The van der Waals surface area contributed by atoms with Gasteiger partial charge < -0.3 is 10.2 Å². The largest absolute Gasteiger partial charge is 0.349 e. The van der Waals surface area contributed by atoms with Crippen molar-refractivity contribution in [3.8, 4) is 0 Å². The molecule has 6 nitrogen and oxygen atoms in total. The van der Waals surface area contributed by atoms with E-state index < -0.39 is 15.8 Å². The first-order chi connectivity index (χ1) is 14.3. The molecule has 0 saturated carbocycles. The molecule has 0 aliphatic carbocycles. The second-order valence-corrected chi connectivity index (χ2v) is 9.40. The zero-order chi connectivity index (χ0) is 21.7. The van der Waals surface area contributed by atoms with Crippen LogP contribution in [0.3, 0.4) is 0 Å². The van der Waals surface area contributed by atoms with E-state index in [0.29, 0.717) is 0 Å². The van der Waals surface area contributed by atoms with E-state index in [-0.39, 0.29) is 33.1 Å². The molecule has 2 aromatic rings. The number of likely N-dealkylation sites (tertiary alicyclic amines) is 1. The summed E-state index contributed by atoms with van der Waals surface area (Å²) in [5, 5.41) is 2.98. The first-order valence-electron chi connectivity index (χ1n) is 9.89. The van der Waals surface area contributed by atoms with Gasteiger partial charge in [0.15, 0.2) is 0 Å². The number of sulfonamides is 1. The van der Waals surface area contributed by atoms with Crippen molar-refractivity contribution in [3.63, 3.8) is 0 Å². The van der Waals surface area contributed by atoms with Crippen LogP contribution in [0.4, 0.5) is 10.1 Å². The Kier molecular flexibility index (Phi) is 7.33. The lowest BCUT2D eigenvalue weighted by Crippen LogP contribution is -2.44. The van der Waals surface area contributed by atoms with Crippen LogP contribution in [-0.4, -0.2) is 44.9 Å². The van der Waals surface area contributed by atoms with Crippen LogP contribution in [0, 0.1) is 5.82 Å². The molecule has 30 heavy (non-hydrogen) atoms. The Labute approximate surface area is 181 Å². The standard InChI is InChI=1S/C21H25ClFN3O3S/c1-2-11-26-12-9-17(10-13-26)24-21(27)15-3-8-19(22)20(14-15)30(28,29)25-18-6-4-16(23)5-7-18/h3-8,14,17,25H,2,9-13H2,1H3,(H,24,27). The molecular formula is C21H25ClFN3O3S. The second-order valence-electron chi connectivity index (χ2n) is 7.35. The van der Waals surface area contributed by atoms with Gasteiger partial charge >= 0.3 is 0 Å². The number of nitrogens with one attached hydrogen (secondary N) is 2. The molecule has 0 atom stereocenters. The van der Waals surface area contributed by atoms with Crippen LogP contribution in [0.2, 0.25) is 5.02 Å². The van der Waals surface area contributed by atoms with E-state index in [1.807, 2.05) is 0 Å². The van der Waals surface area contributed by atoms with Gasteiger partial charge in [0.25, 0.3) is 15.9 Å². The Morgan fingerprint density at radius 3 is 2.47 bits per heavy atom. The zero-order valence-electron chi connectivity index (χ0n) is 16.7. The second kappa shape index (κ2) is 9.76. The van der Waals surface area contributed by atoms with Crippen LogP contribution in [-0.2, 0) is 10.0 Å². The number of hydrogen-bond acceptors (Lipinski definition) is 4. The van der Waals surface area contributed by atoms with Gasteiger partial charge in [0.05, 0.1) is 5.02 Å². The summed E-state index contributed by atoms with van der Waals surface area (Å²) in [6.07, 6.45) is 2.82. The third kappa shape index (κ3) is 5.71. The Morgan fingerprint density at radius 2 is 1.83 bits per heavy atom. The highest BCUT2D eigenvalue weighted by Gasteiger charge is 2.23. The molecule has 162 valence electrons. The molecule has 9 heteroatoms. The van der Waals surface area contributed by atoms with E-state index >= 15 is 0 Å². The molecule has 0 bridgehead atoms. The molecule has 1 amide bonds. The van der Waals surface area contributed by atoms with E-state index in [9.17, 15) is 17.6 Å². The van der Waals surface area contributed by atoms with Crippen molar-refractivity contribution in [2.24, 2.45) is 0 Å². The Balaban J connectivity index is 1.71. The average Bonchev–Trinajstić information content (AvgIpc) is 2.71. The minimum absolute atomic E-state index is 0.00552. The van der Waals surface area contributed by atoms with Crippen LogP contribution in [0.1, 0.15) is 36.5 Å². The zero-order valence-corrected chi connectivity index (χ0v) is 18.3. The van der Waals surface area contributed by atoms with Gasteiger partial charge in [-0.1, -0.05) is 18.5 Å². The predicted octanol–water partition coefficient (Wildman–Crippen LogP) is 3.88. The summed E-state index contributed by atoms with van der Waals surface area (Å²) < 4.78 is 40.9. The molecule has 0 unspecified atom stereocenters. The fourth-order valence-electron chi connectivity index (χ4n) is 3.46. The quantitative estimate of drug-likeness (QED) is 0.666. The molecule has 1 aliphatic rings. The van der Waals surface area contributed by atoms with Gasteiger partial charge in [-0.15, -0.1) is 0 Å². The number of carbonyl (C=O) groups is 1. The van der Waals surface area contributed by atoms with Gasteiger partial charge in [0, 0.05) is 30.4 Å². The third-order valence-electron chi connectivity index (χ3n) is 5.04. The molecular weight excluding hydrogens is 429 g/mol. The van der Waals surface area contributed by atoms with Gasteiger partial charge in [-0.3, -0.25) is 9.52 Å². The summed E-state index contributed by atoms with van der Waals surface area (Å²) in [6, 6.07) is 9.11. The molecule has 1 saturated heterocycles. The maximum Gasteiger partial charge on any atom is 0.263 e. The molecule has 0 spiro atoms. The Morgan fingerprint density at radius 1 is 1.17 bits per heavy atom. The Bertz CT molecular complexity index is 991.